The van der Waals surface area contributed by atoms with Gasteiger partial charge in [-0.15, -0.1) is 11.3 Å². The molecule has 0 aliphatic rings. The van der Waals surface area contributed by atoms with Gasteiger partial charge in [-0.05, 0) is 24.3 Å². The minimum absolute atomic E-state index is 0.105. The number of carboxylic acids is 1. The molecule has 1 amide bonds. The molecule has 5 nitrogen and oxygen atoms in total. The van der Waals surface area contributed by atoms with E-state index in [9.17, 15) is 9.59 Å². The lowest BCUT2D eigenvalue weighted by Gasteiger charge is -2.21. The van der Waals surface area contributed by atoms with Crippen LogP contribution in [-0.4, -0.2) is 41.6 Å². The van der Waals surface area contributed by atoms with Crippen LogP contribution in [0.3, 0.4) is 0 Å². The van der Waals surface area contributed by atoms with E-state index in [0.29, 0.717) is 13.1 Å². The quantitative estimate of drug-likeness (QED) is 0.796. The van der Waals surface area contributed by atoms with Crippen LogP contribution in [0.15, 0.2) is 11.4 Å². The molecule has 1 rings (SSSR count). The maximum absolute atomic E-state index is 12.0. The number of ether oxygens (including phenoxy) is 1. The van der Waals surface area contributed by atoms with Crippen molar-refractivity contribution in [2.75, 3.05) is 19.7 Å². The van der Waals surface area contributed by atoms with Crippen LogP contribution in [0, 0.1) is 0 Å². The molecule has 1 aromatic heterocycles. The van der Waals surface area contributed by atoms with Crippen molar-refractivity contribution in [3.63, 3.8) is 0 Å². The third kappa shape index (κ3) is 4.55. The van der Waals surface area contributed by atoms with E-state index >= 15 is 0 Å². The topological polar surface area (TPSA) is 66.8 Å². The molecule has 6 heteroatoms. The fourth-order valence-corrected chi connectivity index (χ4v) is 2.37. The molecule has 0 saturated heterocycles. The molecule has 19 heavy (non-hydrogen) atoms. The molecular weight excluding hydrogens is 266 g/mol. The van der Waals surface area contributed by atoms with Crippen LogP contribution in [0.5, 0.6) is 5.75 Å². The van der Waals surface area contributed by atoms with Gasteiger partial charge < -0.3 is 14.7 Å². The fraction of sp³-hybridized carbons (Fsp3) is 0.538. The molecule has 0 fully saturated rings. The SMILES string of the molecule is CCCN(CCC)C(=O)COc1ccsc1C(=O)O. The Balaban J connectivity index is 2.57. The Morgan fingerprint density at radius 1 is 1.32 bits per heavy atom. The summed E-state index contributed by atoms with van der Waals surface area (Å²) in [6, 6.07) is 1.57. The van der Waals surface area contributed by atoms with Crippen LogP contribution in [0.1, 0.15) is 36.4 Å². The number of hydrogen-bond acceptors (Lipinski definition) is 4. The van der Waals surface area contributed by atoms with Gasteiger partial charge in [0.25, 0.3) is 5.91 Å². The van der Waals surface area contributed by atoms with Crippen molar-refractivity contribution >= 4 is 23.2 Å². The highest BCUT2D eigenvalue weighted by Gasteiger charge is 2.16. The molecule has 0 unspecified atom stereocenters. The van der Waals surface area contributed by atoms with Gasteiger partial charge in [-0.3, -0.25) is 4.79 Å². The van der Waals surface area contributed by atoms with E-state index in [2.05, 4.69) is 0 Å². The number of nitrogens with zero attached hydrogens (tertiary/aromatic N) is 1. The van der Waals surface area contributed by atoms with Gasteiger partial charge in [0.05, 0.1) is 0 Å². The van der Waals surface area contributed by atoms with E-state index in [1.807, 2.05) is 13.8 Å². The number of rotatable bonds is 8. The molecule has 0 spiro atoms. The average molecular weight is 285 g/mol. The number of amides is 1. The largest absolute Gasteiger partial charge is 0.482 e. The molecule has 0 aliphatic carbocycles. The Kier molecular flexibility index (Phi) is 6.35. The Hall–Kier alpha value is -1.56. The number of thiophene rings is 1. The summed E-state index contributed by atoms with van der Waals surface area (Å²) in [5.41, 5.74) is 0. The maximum Gasteiger partial charge on any atom is 0.349 e. The van der Waals surface area contributed by atoms with Gasteiger partial charge in [0.2, 0.25) is 0 Å². The smallest absolute Gasteiger partial charge is 0.349 e. The van der Waals surface area contributed by atoms with E-state index in [1.54, 1.807) is 16.3 Å². The number of carbonyl (C=O) groups excluding carboxylic acids is 1. The van der Waals surface area contributed by atoms with Gasteiger partial charge in [0, 0.05) is 13.1 Å². The van der Waals surface area contributed by atoms with E-state index in [0.717, 1.165) is 24.2 Å². The monoisotopic (exact) mass is 285 g/mol. The number of carboxylic acid groups (broad SMARTS) is 1. The predicted octanol–water partition coefficient (Wildman–Crippen LogP) is 2.47. The third-order valence-corrected chi connectivity index (χ3v) is 3.40. The Morgan fingerprint density at radius 2 is 1.95 bits per heavy atom. The van der Waals surface area contributed by atoms with Gasteiger partial charge in [-0.25, -0.2) is 4.79 Å². The molecule has 0 bridgehead atoms. The highest BCUT2D eigenvalue weighted by atomic mass is 32.1. The second-order valence-electron chi connectivity index (χ2n) is 4.09. The highest BCUT2D eigenvalue weighted by Crippen LogP contribution is 2.24. The molecule has 0 aliphatic heterocycles. The van der Waals surface area contributed by atoms with Crippen molar-refractivity contribution < 1.29 is 19.4 Å². The fourth-order valence-electron chi connectivity index (χ4n) is 1.70. The van der Waals surface area contributed by atoms with Gasteiger partial charge in [-0.2, -0.15) is 0 Å². The maximum atomic E-state index is 12.0. The summed E-state index contributed by atoms with van der Waals surface area (Å²) in [6.07, 6.45) is 1.79. The first-order valence-corrected chi connectivity index (χ1v) is 7.19. The predicted molar refractivity (Wildman–Crippen MR) is 73.9 cm³/mol. The first kappa shape index (κ1) is 15.5. The lowest BCUT2D eigenvalue weighted by Crippen LogP contribution is -2.36. The molecule has 0 aromatic carbocycles. The summed E-state index contributed by atoms with van der Waals surface area (Å²) in [6.45, 7) is 5.31. The van der Waals surface area contributed by atoms with E-state index in [1.165, 1.54) is 0 Å². The zero-order valence-electron chi connectivity index (χ0n) is 11.2. The summed E-state index contributed by atoms with van der Waals surface area (Å²) in [7, 11) is 0. The Bertz CT molecular complexity index is 424. The molecule has 1 heterocycles. The number of hydrogen-bond donors (Lipinski definition) is 1. The summed E-state index contributed by atoms with van der Waals surface area (Å²) < 4.78 is 5.31. The first-order valence-electron chi connectivity index (χ1n) is 6.31. The van der Waals surface area contributed by atoms with Gasteiger partial charge in [0.15, 0.2) is 11.5 Å². The van der Waals surface area contributed by atoms with Crippen LogP contribution in [-0.2, 0) is 4.79 Å². The minimum atomic E-state index is -1.03. The highest BCUT2D eigenvalue weighted by molar-refractivity contribution is 7.12. The van der Waals surface area contributed by atoms with Crippen LogP contribution in [0.2, 0.25) is 0 Å². The van der Waals surface area contributed by atoms with Crippen LogP contribution >= 0.6 is 11.3 Å². The molecule has 0 radical (unpaired) electrons. The summed E-state index contributed by atoms with van der Waals surface area (Å²) >= 11 is 1.09. The Morgan fingerprint density at radius 3 is 2.47 bits per heavy atom. The van der Waals surface area contributed by atoms with Gasteiger partial charge in [0.1, 0.15) is 5.75 Å². The van der Waals surface area contributed by atoms with Crippen LogP contribution < -0.4 is 4.74 Å². The second kappa shape index (κ2) is 7.78. The molecule has 1 N–H and O–H groups in total. The summed E-state index contributed by atoms with van der Waals surface area (Å²) in [4.78, 5) is 24.7. The molecule has 1 aromatic rings. The minimum Gasteiger partial charge on any atom is -0.482 e. The van der Waals surface area contributed by atoms with Crippen LogP contribution in [0.4, 0.5) is 0 Å². The molecular formula is C13H19NO4S. The lowest BCUT2D eigenvalue weighted by molar-refractivity contribution is -0.133. The van der Waals surface area contributed by atoms with Crippen LogP contribution in [0.25, 0.3) is 0 Å². The summed E-state index contributed by atoms with van der Waals surface area (Å²) in [5, 5.41) is 10.6. The zero-order chi connectivity index (χ0) is 14.3. The zero-order valence-corrected chi connectivity index (χ0v) is 12.0. The summed E-state index contributed by atoms with van der Waals surface area (Å²) in [5.74, 6) is -0.874. The molecule has 0 saturated carbocycles. The van der Waals surface area contributed by atoms with Crippen molar-refractivity contribution in [3.8, 4) is 5.75 Å². The second-order valence-corrected chi connectivity index (χ2v) is 5.00. The van der Waals surface area contributed by atoms with Gasteiger partial charge in [-0.1, -0.05) is 13.8 Å². The molecule has 0 atom stereocenters. The van der Waals surface area contributed by atoms with Crippen molar-refractivity contribution in [2.24, 2.45) is 0 Å². The molecule has 106 valence electrons. The first-order chi connectivity index (χ1) is 9.10. The average Bonchev–Trinajstić information content (AvgIpc) is 2.84. The van der Waals surface area contributed by atoms with Crippen molar-refractivity contribution in [3.05, 3.63) is 16.3 Å². The third-order valence-electron chi connectivity index (χ3n) is 2.51. The number of carbonyl (C=O) groups is 2. The van der Waals surface area contributed by atoms with Crippen molar-refractivity contribution in [1.82, 2.24) is 4.90 Å². The number of aromatic carboxylic acids is 1. The van der Waals surface area contributed by atoms with E-state index < -0.39 is 5.97 Å². The Labute approximate surface area is 116 Å². The van der Waals surface area contributed by atoms with E-state index in [4.69, 9.17) is 9.84 Å². The van der Waals surface area contributed by atoms with Crippen molar-refractivity contribution in [1.29, 1.82) is 0 Å². The normalized spacial score (nSPS) is 10.2. The van der Waals surface area contributed by atoms with Gasteiger partial charge >= 0.3 is 5.97 Å². The van der Waals surface area contributed by atoms with Crippen molar-refractivity contribution in [2.45, 2.75) is 26.7 Å². The lowest BCUT2D eigenvalue weighted by atomic mass is 10.3. The van der Waals surface area contributed by atoms with E-state index in [-0.39, 0.29) is 23.1 Å². The standard InChI is InChI=1S/C13H19NO4S/c1-3-6-14(7-4-2)11(15)9-18-10-5-8-19-12(10)13(16)17/h5,8H,3-4,6-7,9H2,1-2H3,(H,16,17).